The van der Waals surface area contributed by atoms with E-state index in [-0.39, 0.29) is 12.1 Å². The van der Waals surface area contributed by atoms with Gasteiger partial charge in [0.1, 0.15) is 0 Å². The normalized spacial score (nSPS) is 18.2. The van der Waals surface area contributed by atoms with Crippen molar-refractivity contribution in [3.8, 4) is 0 Å². The van der Waals surface area contributed by atoms with Crippen molar-refractivity contribution in [1.29, 1.82) is 0 Å². The zero-order valence-electron chi connectivity index (χ0n) is 15.2. The van der Waals surface area contributed by atoms with Crippen molar-refractivity contribution in [1.82, 2.24) is 9.88 Å². The molecule has 1 fully saturated rings. The van der Waals surface area contributed by atoms with Gasteiger partial charge < -0.3 is 10.0 Å². The lowest BCUT2D eigenvalue weighted by Crippen LogP contribution is -2.29. The molecule has 1 aliphatic heterocycles. The molecule has 1 aromatic carbocycles. The molecule has 6 nitrogen and oxygen atoms in total. The van der Waals surface area contributed by atoms with E-state index in [0.717, 1.165) is 10.0 Å². The minimum Gasteiger partial charge on any atom is -0.872 e. The molecular weight excluding hydrogens is 434 g/mol. The number of hydrogen-bond acceptors (Lipinski definition) is 4. The van der Waals surface area contributed by atoms with Crippen molar-refractivity contribution in [3.63, 3.8) is 0 Å². The van der Waals surface area contributed by atoms with Crippen LogP contribution in [-0.4, -0.2) is 21.6 Å². The molecule has 3 heterocycles. The van der Waals surface area contributed by atoms with Gasteiger partial charge in [0.05, 0.1) is 12.6 Å². The lowest BCUT2D eigenvalue weighted by atomic mass is 9.95. The maximum absolute atomic E-state index is 13.2. The summed E-state index contributed by atoms with van der Waals surface area (Å²) in [4.78, 5) is 34.1. The zero-order valence-corrected chi connectivity index (χ0v) is 16.8. The first-order valence-electron chi connectivity index (χ1n) is 8.93. The van der Waals surface area contributed by atoms with Crippen molar-refractivity contribution in [2.24, 2.45) is 0 Å². The Hall–Kier alpha value is -3.32. The number of halogens is 1. The van der Waals surface area contributed by atoms with E-state index in [2.05, 4.69) is 25.9 Å². The van der Waals surface area contributed by atoms with Crippen molar-refractivity contribution < 1.29 is 19.7 Å². The van der Waals surface area contributed by atoms with Crippen LogP contribution in [0.2, 0.25) is 0 Å². The SMILES string of the molecule is O=C1C(=O)N(Cc2ccc[nH+]c2)C(c2cccc(Br)c2)C1=C([O-])c1ccncc1. The Balaban J connectivity index is 1.87. The summed E-state index contributed by atoms with van der Waals surface area (Å²) in [5, 5.41) is 13.2. The van der Waals surface area contributed by atoms with Gasteiger partial charge in [-0.3, -0.25) is 14.6 Å². The van der Waals surface area contributed by atoms with Gasteiger partial charge in [0, 0.05) is 34.1 Å². The van der Waals surface area contributed by atoms with Gasteiger partial charge in [-0.15, -0.1) is 0 Å². The number of rotatable bonds is 4. The van der Waals surface area contributed by atoms with Gasteiger partial charge >= 0.3 is 0 Å². The van der Waals surface area contributed by atoms with E-state index in [1.165, 1.54) is 17.3 Å². The van der Waals surface area contributed by atoms with Crippen LogP contribution in [-0.2, 0) is 16.1 Å². The fraction of sp³-hybridized carbons (Fsp3) is 0.0909. The van der Waals surface area contributed by atoms with Gasteiger partial charge in [-0.25, -0.2) is 4.98 Å². The summed E-state index contributed by atoms with van der Waals surface area (Å²) in [5.41, 5.74) is 1.80. The third kappa shape index (κ3) is 3.69. The maximum Gasteiger partial charge on any atom is 0.295 e. The Morgan fingerprint density at radius 1 is 1.14 bits per heavy atom. The fourth-order valence-electron chi connectivity index (χ4n) is 3.44. The highest BCUT2D eigenvalue weighted by Crippen LogP contribution is 2.40. The molecule has 1 aliphatic rings. The van der Waals surface area contributed by atoms with Gasteiger partial charge in [0.15, 0.2) is 12.4 Å². The number of ketones is 1. The molecule has 7 heteroatoms. The number of aromatic amines is 1. The summed E-state index contributed by atoms with van der Waals surface area (Å²) in [6.45, 7) is 0.201. The highest BCUT2D eigenvalue weighted by Gasteiger charge is 2.44. The van der Waals surface area contributed by atoms with E-state index in [1.54, 1.807) is 24.5 Å². The van der Waals surface area contributed by atoms with E-state index in [4.69, 9.17) is 0 Å². The number of benzene rings is 1. The number of pyridine rings is 2. The van der Waals surface area contributed by atoms with Gasteiger partial charge in [-0.05, 0) is 41.5 Å². The molecule has 2 aromatic heterocycles. The molecule has 4 rings (SSSR count). The number of hydrogen-bond donors (Lipinski definition) is 0. The first kappa shape index (κ1) is 19.0. The molecule has 0 aliphatic carbocycles. The maximum atomic E-state index is 13.2. The molecule has 144 valence electrons. The summed E-state index contributed by atoms with van der Waals surface area (Å²) in [6.07, 6.45) is 6.50. The van der Waals surface area contributed by atoms with E-state index in [1.807, 2.05) is 36.4 Å². The number of carbonyl (C=O) groups is 2. The Kier molecular flexibility index (Phi) is 5.22. The number of nitrogens with zero attached hydrogens (tertiary/aromatic N) is 2. The molecule has 1 saturated heterocycles. The van der Waals surface area contributed by atoms with Crippen LogP contribution < -0.4 is 10.1 Å². The molecule has 1 atom stereocenters. The summed E-state index contributed by atoms with van der Waals surface area (Å²) in [5.74, 6) is -1.91. The molecule has 1 unspecified atom stereocenters. The summed E-state index contributed by atoms with van der Waals surface area (Å²) in [7, 11) is 0. The summed E-state index contributed by atoms with van der Waals surface area (Å²) >= 11 is 3.43. The topological polar surface area (TPSA) is 87.5 Å². The van der Waals surface area contributed by atoms with Crippen LogP contribution in [0.25, 0.3) is 5.76 Å². The van der Waals surface area contributed by atoms with E-state index in [9.17, 15) is 14.7 Å². The number of aromatic nitrogens is 2. The van der Waals surface area contributed by atoms with Crippen LogP contribution in [0, 0.1) is 0 Å². The van der Waals surface area contributed by atoms with Crippen molar-refractivity contribution >= 4 is 33.4 Å². The second-order valence-corrected chi connectivity index (χ2v) is 7.53. The molecule has 0 radical (unpaired) electrons. The standard InChI is InChI=1S/C22H16BrN3O3/c23-17-5-1-4-16(11-17)19-18(20(27)15-6-9-24-10-7-15)21(28)22(29)26(19)13-14-3-2-8-25-12-14/h1-12,19,27H,13H2. The zero-order chi connectivity index (χ0) is 20.4. The second-order valence-electron chi connectivity index (χ2n) is 6.61. The highest BCUT2D eigenvalue weighted by atomic mass is 79.9. The van der Waals surface area contributed by atoms with Crippen LogP contribution in [0.15, 0.2) is 83.4 Å². The van der Waals surface area contributed by atoms with Crippen molar-refractivity contribution in [2.45, 2.75) is 12.6 Å². The van der Waals surface area contributed by atoms with Crippen LogP contribution in [0.5, 0.6) is 0 Å². The minimum absolute atomic E-state index is 0.0424. The second kappa shape index (κ2) is 7.97. The smallest absolute Gasteiger partial charge is 0.295 e. The van der Waals surface area contributed by atoms with Crippen LogP contribution in [0.1, 0.15) is 22.7 Å². The largest absolute Gasteiger partial charge is 0.872 e. The molecule has 3 aromatic rings. The third-order valence-corrected chi connectivity index (χ3v) is 5.25. The molecular formula is C22H16BrN3O3. The predicted octanol–water partition coefficient (Wildman–Crippen LogP) is 2.08. The van der Waals surface area contributed by atoms with E-state index in [0.29, 0.717) is 11.1 Å². The summed E-state index contributed by atoms with van der Waals surface area (Å²) < 4.78 is 0.797. The molecule has 0 spiro atoms. The number of H-pyrrole nitrogens is 1. The van der Waals surface area contributed by atoms with Crippen LogP contribution in [0.4, 0.5) is 0 Å². The van der Waals surface area contributed by atoms with Crippen molar-refractivity contribution in [3.05, 3.63) is 100 Å². The molecule has 0 saturated carbocycles. The average Bonchev–Trinajstić information content (AvgIpc) is 2.99. The predicted molar refractivity (Wildman–Crippen MR) is 107 cm³/mol. The van der Waals surface area contributed by atoms with Gasteiger partial charge in [-0.2, -0.15) is 0 Å². The molecule has 0 bridgehead atoms. The molecule has 1 N–H and O–H groups in total. The Morgan fingerprint density at radius 3 is 2.62 bits per heavy atom. The number of nitrogens with one attached hydrogen (secondary N) is 1. The first-order valence-corrected chi connectivity index (χ1v) is 9.73. The number of amides is 1. The Morgan fingerprint density at radius 2 is 1.93 bits per heavy atom. The summed E-state index contributed by atoms with van der Waals surface area (Å²) in [6, 6.07) is 13.3. The fourth-order valence-corrected chi connectivity index (χ4v) is 3.86. The number of Topliss-reactive ketones (excluding diaryl/α,β-unsaturated/α-hetero) is 1. The van der Waals surface area contributed by atoms with E-state index >= 15 is 0 Å². The van der Waals surface area contributed by atoms with Crippen LogP contribution in [0.3, 0.4) is 0 Å². The highest BCUT2D eigenvalue weighted by molar-refractivity contribution is 9.10. The number of carbonyl (C=O) groups excluding carboxylic acids is 2. The lowest BCUT2D eigenvalue weighted by Gasteiger charge is -2.27. The van der Waals surface area contributed by atoms with E-state index < -0.39 is 23.5 Å². The van der Waals surface area contributed by atoms with Gasteiger partial charge in [0.2, 0.25) is 5.78 Å². The van der Waals surface area contributed by atoms with Crippen molar-refractivity contribution in [2.75, 3.05) is 0 Å². The lowest BCUT2D eigenvalue weighted by molar-refractivity contribution is -0.378. The monoisotopic (exact) mass is 449 g/mol. The minimum atomic E-state index is -0.770. The number of likely N-dealkylation sites (tertiary alicyclic amines) is 1. The molecule has 1 amide bonds. The molecule has 29 heavy (non-hydrogen) atoms. The van der Waals surface area contributed by atoms with Gasteiger partial charge in [0.25, 0.3) is 5.91 Å². The van der Waals surface area contributed by atoms with Gasteiger partial charge in [-0.1, -0.05) is 33.8 Å². The Labute approximate surface area is 175 Å². The third-order valence-electron chi connectivity index (χ3n) is 4.76. The first-order chi connectivity index (χ1) is 14.1. The average molecular weight is 450 g/mol. The quantitative estimate of drug-likeness (QED) is 0.346. The Bertz CT molecular complexity index is 1100. The van der Waals surface area contributed by atoms with Crippen LogP contribution >= 0.6 is 15.9 Å².